The number of carbonyl (C=O) groups excluding carboxylic acids is 1. The van der Waals surface area contributed by atoms with E-state index in [1.807, 2.05) is 0 Å². The summed E-state index contributed by atoms with van der Waals surface area (Å²) in [4.78, 5) is 30.4. The van der Waals surface area contributed by atoms with Gasteiger partial charge in [0.05, 0.1) is 18.0 Å². The summed E-state index contributed by atoms with van der Waals surface area (Å²) < 4.78 is 43.6. The molecule has 0 bridgehead atoms. The topological polar surface area (TPSA) is 98.5 Å². The predicted molar refractivity (Wildman–Crippen MR) is 82.4 cm³/mol. The highest BCUT2D eigenvalue weighted by Gasteiger charge is 2.42. The molecule has 0 aliphatic carbocycles. The van der Waals surface area contributed by atoms with Gasteiger partial charge in [0.1, 0.15) is 12.2 Å². The summed E-state index contributed by atoms with van der Waals surface area (Å²) in [6, 6.07) is -2.61. The first kappa shape index (κ1) is 20.9. The van der Waals surface area contributed by atoms with E-state index in [2.05, 4.69) is 9.97 Å². The lowest BCUT2D eigenvalue weighted by Gasteiger charge is -2.34. The number of halogens is 4. The van der Waals surface area contributed by atoms with Crippen molar-refractivity contribution < 1.29 is 27.6 Å². The lowest BCUT2D eigenvalue weighted by Crippen LogP contribution is -2.49. The zero-order chi connectivity index (χ0) is 19.4. The summed E-state index contributed by atoms with van der Waals surface area (Å²) in [6.07, 6.45) is -5.51. The second kappa shape index (κ2) is 8.28. The number of rotatable bonds is 7. The number of aromatic nitrogens is 2. The number of anilines is 1. The molecule has 1 unspecified atom stereocenters. The average molecular weight is 385 g/mol. The molecule has 0 radical (unpaired) electrons. The standard InChI is InChI=1S/C13H16ClF3N4O4/c1-4-25-11(22)8(5-13(15,16)17)20(7(2)3)10-9(21(23)24)6-18-12(14)19-10/h6-8H,4-5H2,1-3H3. The Kier molecular flexibility index (Phi) is 6.91. The van der Waals surface area contributed by atoms with Gasteiger partial charge in [-0.1, -0.05) is 0 Å². The number of hydrogen-bond acceptors (Lipinski definition) is 7. The fourth-order valence-electron chi connectivity index (χ4n) is 2.17. The van der Waals surface area contributed by atoms with Crippen molar-refractivity contribution in [3.05, 3.63) is 21.6 Å². The Bertz CT molecular complexity index is 642. The normalized spacial score (nSPS) is 12.8. The third kappa shape index (κ3) is 5.69. The smallest absolute Gasteiger partial charge is 0.391 e. The van der Waals surface area contributed by atoms with Crippen LogP contribution < -0.4 is 4.90 Å². The van der Waals surface area contributed by atoms with Gasteiger partial charge >= 0.3 is 17.8 Å². The molecule has 0 saturated heterocycles. The molecule has 0 aliphatic rings. The van der Waals surface area contributed by atoms with Crippen LogP contribution in [0, 0.1) is 10.1 Å². The van der Waals surface area contributed by atoms with Crippen LogP contribution in [0.1, 0.15) is 27.2 Å². The van der Waals surface area contributed by atoms with Gasteiger partial charge in [0.2, 0.25) is 11.1 Å². The molecule has 0 N–H and O–H groups in total. The van der Waals surface area contributed by atoms with Crippen LogP contribution in [0.3, 0.4) is 0 Å². The zero-order valence-electron chi connectivity index (χ0n) is 13.6. The van der Waals surface area contributed by atoms with Crippen LogP contribution in [0.5, 0.6) is 0 Å². The molecular formula is C13H16ClF3N4O4. The van der Waals surface area contributed by atoms with Crippen molar-refractivity contribution in [2.45, 2.75) is 45.5 Å². The Morgan fingerprint density at radius 1 is 1.48 bits per heavy atom. The maximum atomic E-state index is 13.0. The Morgan fingerprint density at radius 3 is 2.52 bits per heavy atom. The number of alkyl halides is 3. The molecule has 25 heavy (non-hydrogen) atoms. The van der Waals surface area contributed by atoms with E-state index in [-0.39, 0.29) is 6.61 Å². The summed E-state index contributed by atoms with van der Waals surface area (Å²) in [7, 11) is 0. The lowest BCUT2D eigenvalue weighted by molar-refractivity contribution is -0.384. The lowest BCUT2D eigenvalue weighted by atomic mass is 10.1. The summed E-state index contributed by atoms with van der Waals surface area (Å²) in [5.41, 5.74) is -0.672. The quantitative estimate of drug-likeness (QED) is 0.308. The Balaban J connectivity index is 3.51. The van der Waals surface area contributed by atoms with Crippen LogP contribution in [-0.2, 0) is 9.53 Å². The van der Waals surface area contributed by atoms with Crippen LogP contribution in [0.25, 0.3) is 0 Å². The first-order valence-corrected chi connectivity index (χ1v) is 7.54. The average Bonchev–Trinajstić information content (AvgIpc) is 2.44. The SMILES string of the molecule is CCOC(=O)C(CC(F)(F)F)N(c1nc(Cl)ncc1[N+](=O)[O-])C(C)C. The van der Waals surface area contributed by atoms with E-state index in [0.717, 1.165) is 11.1 Å². The minimum atomic E-state index is -4.71. The highest BCUT2D eigenvalue weighted by atomic mass is 35.5. The van der Waals surface area contributed by atoms with E-state index in [1.54, 1.807) is 0 Å². The van der Waals surface area contributed by atoms with Crippen molar-refractivity contribution in [1.82, 2.24) is 9.97 Å². The fraction of sp³-hybridized carbons (Fsp3) is 0.615. The molecule has 0 aromatic carbocycles. The van der Waals surface area contributed by atoms with Gasteiger partial charge in [-0.05, 0) is 32.4 Å². The zero-order valence-corrected chi connectivity index (χ0v) is 14.3. The van der Waals surface area contributed by atoms with Crippen LogP contribution in [0.2, 0.25) is 5.28 Å². The molecule has 1 rings (SSSR count). The van der Waals surface area contributed by atoms with Gasteiger partial charge < -0.3 is 9.64 Å². The predicted octanol–water partition coefficient (Wildman–Crippen LogP) is 3.14. The molecule has 12 heteroatoms. The molecule has 0 aliphatic heterocycles. The molecule has 1 aromatic rings. The summed E-state index contributed by atoms with van der Waals surface area (Å²) in [6.45, 7) is 4.21. The van der Waals surface area contributed by atoms with E-state index in [1.165, 1.54) is 20.8 Å². The van der Waals surface area contributed by atoms with Gasteiger partial charge in [-0.3, -0.25) is 10.1 Å². The number of nitro groups is 1. The molecule has 0 amide bonds. The van der Waals surface area contributed by atoms with Crippen LogP contribution >= 0.6 is 11.6 Å². The molecule has 0 fully saturated rings. The first-order chi connectivity index (χ1) is 11.5. The monoisotopic (exact) mass is 384 g/mol. The largest absolute Gasteiger partial charge is 0.464 e. The van der Waals surface area contributed by atoms with E-state index >= 15 is 0 Å². The van der Waals surface area contributed by atoms with Gasteiger partial charge in [-0.15, -0.1) is 0 Å². The third-order valence-corrected chi connectivity index (χ3v) is 3.22. The van der Waals surface area contributed by atoms with Crippen molar-refractivity contribution in [3.8, 4) is 0 Å². The van der Waals surface area contributed by atoms with Crippen LogP contribution in [0.15, 0.2) is 6.20 Å². The Labute approximate surface area is 146 Å². The van der Waals surface area contributed by atoms with Crippen molar-refractivity contribution >= 4 is 29.1 Å². The minimum Gasteiger partial charge on any atom is -0.464 e. The van der Waals surface area contributed by atoms with Crippen molar-refractivity contribution in [3.63, 3.8) is 0 Å². The van der Waals surface area contributed by atoms with Gasteiger partial charge in [-0.2, -0.15) is 18.2 Å². The Hall–Kier alpha value is -2.17. The van der Waals surface area contributed by atoms with Crippen molar-refractivity contribution in [2.24, 2.45) is 0 Å². The molecule has 8 nitrogen and oxygen atoms in total. The molecule has 140 valence electrons. The number of carbonyl (C=O) groups is 1. The van der Waals surface area contributed by atoms with Gasteiger partial charge in [-0.25, -0.2) is 9.78 Å². The maximum absolute atomic E-state index is 13.0. The molecule has 1 aromatic heterocycles. The highest BCUT2D eigenvalue weighted by molar-refractivity contribution is 6.28. The minimum absolute atomic E-state index is 0.147. The maximum Gasteiger partial charge on any atom is 0.391 e. The van der Waals surface area contributed by atoms with Crippen LogP contribution in [-0.4, -0.2) is 45.7 Å². The summed E-state index contributed by atoms with van der Waals surface area (Å²) >= 11 is 5.64. The van der Waals surface area contributed by atoms with Crippen molar-refractivity contribution in [2.75, 3.05) is 11.5 Å². The summed E-state index contributed by atoms with van der Waals surface area (Å²) in [5.74, 6) is -1.65. The third-order valence-electron chi connectivity index (χ3n) is 3.04. The van der Waals surface area contributed by atoms with E-state index in [9.17, 15) is 28.1 Å². The van der Waals surface area contributed by atoms with Gasteiger partial charge in [0, 0.05) is 6.04 Å². The first-order valence-electron chi connectivity index (χ1n) is 7.16. The number of esters is 1. The highest BCUT2D eigenvalue weighted by Crippen LogP contribution is 2.33. The molecule has 1 heterocycles. The van der Waals surface area contributed by atoms with Gasteiger partial charge in [0.15, 0.2) is 0 Å². The number of ether oxygens (including phenoxy) is 1. The van der Waals surface area contributed by atoms with Crippen molar-refractivity contribution in [1.29, 1.82) is 0 Å². The van der Waals surface area contributed by atoms with E-state index in [4.69, 9.17) is 16.3 Å². The van der Waals surface area contributed by atoms with Crippen LogP contribution in [0.4, 0.5) is 24.7 Å². The molecule has 0 spiro atoms. The second-order valence-corrected chi connectivity index (χ2v) is 5.53. The molecule has 0 saturated carbocycles. The second-order valence-electron chi connectivity index (χ2n) is 5.19. The summed E-state index contributed by atoms with van der Waals surface area (Å²) in [5, 5.41) is 10.8. The fourth-order valence-corrected chi connectivity index (χ4v) is 2.30. The van der Waals surface area contributed by atoms with E-state index in [0.29, 0.717) is 0 Å². The number of hydrogen-bond donors (Lipinski definition) is 0. The van der Waals surface area contributed by atoms with E-state index < -0.39 is 52.4 Å². The van der Waals surface area contributed by atoms with Gasteiger partial charge in [0.25, 0.3) is 0 Å². The number of nitrogens with zero attached hydrogens (tertiary/aromatic N) is 4. The molecular weight excluding hydrogens is 369 g/mol. The Morgan fingerprint density at radius 2 is 2.08 bits per heavy atom. The molecule has 1 atom stereocenters.